The molecule has 1 aromatic carbocycles. The van der Waals surface area contributed by atoms with Gasteiger partial charge < -0.3 is 10.5 Å². The van der Waals surface area contributed by atoms with Gasteiger partial charge in [-0.3, -0.25) is 10.8 Å². The van der Waals surface area contributed by atoms with E-state index < -0.39 is 15.9 Å². The monoisotopic (exact) mass is 338 g/mol. The maximum absolute atomic E-state index is 12.0. The van der Waals surface area contributed by atoms with Crippen molar-refractivity contribution in [1.82, 2.24) is 4.72 Å². The maximum atomic E-state index is 12.0. The van der Waals surface area contributed by atoms with Crippen LogP contribution in [-0.2, 0) is 14.8 Å². The van der Waals surface area contributed by atoms with Crippen LogP contribution in [0.25, 0.3) is 0 Å². The first kappa shape index (κ1) is 18.6. The molecule has 0 atom stereocenters. The molecule has 124 valence electrons. The van der Waals surface area contributed by atoms with E-state index in [0.29, 0.717) is 18.7 Å². The third kappa shape index (κ3) is 6.03. The first-order chi connectivity index (χ1) is 10.9. The topological polar surface area (TPSA) is 153 Å². The molecule has 0 amide bonds. The number of nitrogens with one attached hydrogen (secondary N) is 3. The largest absolute Gasteiger partial charge is 0.385 e. The zero-order valence-corrected chi connectivity index (χ0v) is 13.4. The highest BCUT2D eigenvalue weighted by molar-refractivity contribution is 7.89. The lowest BCUT2D eigenvalue weighted by Crippen LogP contribution is -2.25. The minimum atomic E-state index is -3.58. The second-order valence-electron chi connectivity index (χ2n) is 4.37. The summed E-state index contributed by atoms with van der Waals surface area (Å²) in [7, 11) is -2.03. The molecule has 23 heavy (non-hydrogen) atoms. The summed E-state index contributed by atoms with van der Waals surface area (Å²) in [6.07, 6.45) is 0.575. The number of nitrogens with zero attached hydrogens (tertiary/aromatic N) is 2. The molecule has 0 saturated heterocycles. The Balaban J connectivity index is 2.73. The van der Waals surface area contributed by atoms with Crippen LogP contribution in [0.3, 0.4) is 0 Å². The van der Waals surface area contributed by atoms with E-state index in [0.717, 1.165) is 0 Å². The normalized spacial score (nSPS) is 11.7. The third-order valence-corrected chi connectivity index (χ3v) is 4.12. The van der Waals surface area contributed by atoms with Gasteiger partial charge in [0.15, 0.2) is 5.84 Å². The van der Waals surface area contributed by atoms with Crippen molar-refractivity contribution in [3.8, 4) is 6.07 Å². The van der Waals surface area contributed by atoms with E-state index in [1.807, 2.05) is 0 Å². The second-order valence-corrected chi connectivity index (χ2v) is 6.13. The van der Waals surface area contributed by atoms with Crippen LogP contribution < -0.4 is 15.9 Å². The average molecular weight is 338 g/mol. The third-order valence-electron chi connectivity index (χ3n) is 2.64. The molecular weight excluding hydrogens is 320 g/mol. The predicted octanol–water partition coefficient (Wildman–Crippen LogP) is 0.229. The first-order valence-corrected chi connectivity index (χ1v) is 8.06. The molecule has 0 aromatic heterocycles. The smallest absolute Gasteiger partial charge is 0.240 e. The zero-order valence-electron chi connectivity index (χ0n) is 12.5. The van der Waals surface area contributed by atoms with Crippen LogP contribution in [0.4, 0.5) is 5.69 Å². The summed E-state index contributed by atoms with van der Waals surface area (Å²) in [5.74, 6) is -0.459. The molecule has 0 aliphatic heterocycles. The Labute approximate surface area is 134 Å². The van der Waals surface area contributed by atoms with Gasteiger partial charge in [-0.15, -0.1) is 0 Å². The summed E-state index contributed by atoms with van der Waals surface area (Å²) in [5.41, 5.74) is 7.88. The van der Waals surface area contributed by atoms with E-state index in [1.54, 1.807) is 13.2 Å². The van der Waals surface area contributed by atoms with Gasteiger partial charge in [-0.25, -0.2) is 13.1 Å². The fourth-order valence-corrected chi connectivity index (χ4v) is 2.56. The van der Waals surface area contributed by atoms with Crippen molar-refractivity contribution in [2.24, 2.45) is 10.8 Å². The lowest BCUT2D eigenvalue weighted by atomic mass is 10.3. The second kappa shape index (κ2) is 8.84. The predicted molar refractivity (Wildman–Crippen MR) is 86.7 cm³/mol. The molecule has 1 rings (SSSR count). The van der Waals surface area contributed by atoms with Crippen LogP contribution in [-0.4, -0.2) is 40.2 Å². The van der Waals surface area contributed by atoms with E-state index in [1.165, 1.54) is 24.3 Å². The van der Waals surface area contributed by atoms with Gasteiger partial charge in [-0.05, 0) is 30.7 Å². The fourth-order valence-electron chi connectivity index (χ4n) is 1.48. The first-order valence-electron chi connectivity index (χ1n) is 6.57. The number of nitrogens with two attached hydrogens (primary N) is 1. The van der Waals surface area contributed by atoms with Gasteiger partial charge in [-0.1, -0.05) is 0 Å². The van der Waals surface area contributed by atoms with Gasteiger partial charge in [0.2, 0.25) is 15.7 Å². The van der Waals surface area contributed by atoms with Crippen LogP contribution in [0.15, 0.2) is 34.3 Å². The van der Waals surface area contributed by atoms with E-state index in [9.17, 15) is 8.42 Å². The van der Waals surface area contributed by atoms with Crippen molar-refractivity contribution in [3.05, 3.63) is 24.3 Å². The number of sulfonamides is 1. The van der Waals surface area contributed by atoms with Crippen molar-refractivity contribution in [2.45, 2.75) is 11.3 Å². The Hall–Kier alpha value is -2.48. The van der Waals surface area contributed by atoms with Crippen LogP contribution in [0.2, 0.25) is 0 Å². The molecule has 0 aliphatic carbocycles. The lowest BCUT2D eigenvalue weighted by molar-refractivity contribution is 0.196. The van der Waals surface area contributed by atoms with Crippen LogP contribution >= 0.6 is 0 Å². The molecular formula is C13H18N6O3S. The Bertz CT molecular complexity index is 706. The SMILES string of the molecule is COCCCNS(=O)(=O)c1ccc(N/N=C(\C#N)C(=N)N)cc1. The molecule has 0 saturated carbocycles. The maximum Gasteiger partial charge on any atom is 0.240 e. The van der Waals surface area contributed by atoms with Crippen molar-refractivity contribution in [3.63, 3.8) is 0 Å². The number of methoxy groups -OCH3 is 1. The summed E-state index contributed by atoms with van der Waals surface area (Å²) in [4.78, 5) is 0.108. The van der Waals surface area contributed by atoms with Crippen molar-refractivity contribution < 1.29 is 13.2 Å². The summed E-state index contributed by atoms with van der Waals surface area (Å²) in [5, 5.41) is 19.5. The molecule has 0 bridgehead atoms. The average Bonchev–Trinajstić information content (AvgIpc) is 2.52. The molecule has 5 N–H and O–H groups in total. The highest BCUT2D eigenvalue weighted by Crippen LogP contribution is 2.14. The van der Waals surface area contributed by atoms with Gasteiger partial charge in [0.05, 0.1) is 10.6 Å². The van der Waals surface area contributed by atoms with E-state index in [-0.39, 0.29) is 17.2 Å². The number of hydrogen-bond donors (Lipinski definition) is 4. The fraction of sp³-hybridized carbons (Fsp3) is 0.308. The molecule has 0 spiro atoms. The number of hydrazone groups is 1. The quantitative estimate of drug-likeness (QED) is 0.219. The van der Waals surface area contributed by atoms with Gasteiger partial charge >= 0.3 is 0 Å². The molecule has 0 aliphatic rings. The van der Waals surface area contributed by atoms with Crippen LogP contribution in [0.1, 0.15) is 6.42 Å². The van der Waals surface area contributed by atoms with Gasteiger partial charge in [0, 0.05) is 20.3 Å². The zero-order chi connectivity index (χ0) is 17.3. The number of hydrogen-bond acceptors (Lipinski definition) is 7. The summed E-state index contributed by atoms with van der Waals surface area (Å²) < 4.78 is 31.3. The van der Waals surface area contributed by atoms with E-state index >= 15 is 0 Å². The molecule has 0 fully saturated rings. The van der Waals surface area contributed by atoms with E-state index in [4.69, 9.17) is 21.1 Å². The standard InChI is InChI=1S/C13H18N6O3S/c1-22-8-2-7-17-23(20,21)11-5-3-10(4-6-11)18-19-12(9-14)13(15)16/h3-6,17-18H,2,7-8H2,1H3,(H3,15,16)/b19-12+. The molecule has 9 nitrogen and oxygen atoms in total. The lowest BCUT2D eigenvalue weighted by Gasteiger charge is -2.07. The summed E-state index contributed by atoms with van der Waals surface area (Å²) in [6.45, 7) is 0.755. The number of anilines is 1. The molecule has 0 unspecified atom stereocenters. The summed E-state index contributed by atoms with van der Waals surface area (Å²) in [6, 6.07) is 7.44. The minimum absolute atomic E-state index is 0.108. The Kier molecular flexibility index (Phi) is 7.14. The Morgan fingerprint density at radius 2 is 2.09 bits per heavy atom. The number of benzene rings is 1. The summed E-state index contributed by atoms with van der Waals surface area (Å²) >= 11 is 0. The number of nitriles is 1. The van der Waals surface area contributed by atoms with Crippen molar-refractivity contribution in [1.29, 1.82) is 10.7 Å². The van der Waals surface area contributed by atoms with Crippen LogP contribution in [0, 0.1) is 16.7 Å². The van der Waals surface area contributed by atoms with E-state index in [2.05, 4.69) is 15.2 Å². The Morgan fingerprint density at radius 3 is 2.61 bits per heavy atom. The Morgan fingerprint density at radius 1 is 1.43 bits per heavy atom. The van der Waals surface area contributed by atoms with Gasteiger partial charge in [0.1, 0.15) is 6.07 Å². The molecule has 10 heteroatoms. The number of rotatable bonds is 9. The number of amidine groups is 1. The molecule has 1 aromatic rings. The van der Waals surface area contributed by atoms with Gasteiger partial charge in [-0.2, -0.15) is 10.4 Å². The van der Waals surface area contributed by atoms with Gasteiger partial charge in [0.25, 0.3) is 0 Å². The number of ether oxygens (including phenoxy) is 1. The molecule has 0 radical (unpaired) electrons. The highest BCUT2D eigenvalue weighted by atomic mass is 32.2. The van der Waals surface area contributed by atoms with Crippen LogP contribution in [0.5, 0.6) is 0 Å². The van der Waals surface area contributed by atoms with Crippen molar-refractivity contribution >= 4 is 27.3 Å². The minimum Gasteiger partial charge on any atom is -0.385 e. The van der Waals surface area contributed by atoms with Crippen molar-refractivity contribution in [2.75, 3.05) is 25.7 Å². The molecule has 0 heterocycles. The highest BCUT2D eigenvalue weighted by Gasteiger charge is 2.12.